The highest BCUT2D eigenvalue weighted by Crippen LogP contribution is 2.13. The van der Waals surface area contributed by atoms with Crippen molar-refractivity contribution in [2.24, 2.45) is 5.92 Å². The Labute approximate surface area is 133 Å². The van der Waals surface area contributed by atoms with E-state index in [2.05, 4.69) is 10.3 Å². The smallest absolute Gasteiger partial charge is 0.270 e. The highest BCUT2D eigenvalue weighted by atomic mass is 16.6. The van der Waals surface area contributed by atoms with Crippen LogP contribution in [0.5, 0.6) is 0 Å². The lowest BCUT2D eigenvalue weighted by Crippen LogP contribution is -2.32. The first-order valence-corrected chi connectivity index (χ1v) is 7.13. The van der Waals surface area contributed by atoms with Crippen LogP contribution < -0.4 is 5.32 Å². The normalized spacial score (nSPS) is 11.7. The summed E-state index contributed by atoms with van der Waals surface area (Å²) in [6.07, 6.45) is 2.21. The number of carbonyl (C=O) groups excluding carboxylic acids is 1. The maximum absolute atomic E-state index is 12.1. The van der Waals surface area contributed by atoms with Crippen LogP contribution in [0.15, 0.2) is 48.7 Å². The molecule has 7 nitrogen and oxygen atoms in total. The van der Waals surface area contributed by atoms with E-state index in [4.69, 9.17) is 0 Å². The van der Waals surface area contributed by atoms with Gasteiger partial charge in [0.2, 0.25) is 0 Å². The minimum Gasteiger partial charge on any atom is -0.396 e. The van der Waals surface area contributed by atoms with Crippen molar-refractivity contribution in [3.05, 3.63) is 70.0 Å². The number of aliphatic hydroxyl groups excluding tert-OH is 1. The van der Waals surface area contributed by atoms with Gasteiger partial charge in [-0.15, -0.1) is 0 Å². The molecule has 2 aromatic rings. The predicted molar refractivity (Wildman–Crippen MR) is 83.9 cm³/mol. The van der Waals surface area contributed by atoms with E-state index in [9.17, 15) is 20.0 Å². The number of nitro groups is 1. The van der Waals surface area contributed by atoms with Gasteiger partial charge < -0.3 is 10.4 Å². The largest absolute Gasteiger partial charge is 0.396 e. The molecule has 120 valence electrons. The van der Waals surface area contributed by atoms with Crippen LogP contribution in [0.1, 0.15) is 16.1 Å². The molecule has 0 aliphatic carbocycles. The van der Waals surface area contributed by atoms with Gasteiger partial charge in [0.15, 0.2) is 0 Å². The van der Waals surface area contributed by atoms with Gasteiger partial charge in [-0.25, -0.2) is 0 Å². The first-order valence-electron chi connectivity index (χ1n) is 7.13. The summed E-state index contributed by atoms with van der Waals surface area (Å²) in [7, 11) is 0. The molecule has 0 saturated heterocycles. The molecule has 0 saturated carbocycles. The van der Waals surface area contributed by atoms with Crippen LogP contribution >= 0.6 is 0 Å². The monoisotopic (exact) mass is 315 g/mol. The molecule has 23 heavy (non-hydrogen) atoms. The fraction of sp³-hybridized carbons (Fsp3) is 0.250. The Bertz CT molecular complexity index is 676. The molecule has 0 aliphatic rings. The van der Waals surface area contributed by atoms with Crippen LogP contribution in [0.25, 0.3) is 0 Å². The molecule has 1 atom stereocenters. The van der Waals surface area contributed by atoms with Crippen LogP contribution in [-0.4, -0.2) is 34.1 Å². The number of nitro benzene ring substituents is 1. The maximum atomic E-state index is 12.1. The summed E-state index contributed by atoms with van der Waals surface area (Å²) >= 11 is 0. The number of nitrogens with zero attached hydrogens (tertiary/aromatic N) is 2. The SMILES string of the molecule is O=C(NCC(CO)Cc1ccccn1)c1cccc([N+](=O)[O-])c1. The lowest BCUT2D eigenvalue weighted by Gasteiger charge is -2.14. The Morgan fingerprint density at radius 1 is 1.30 bits per heavy atom. The van der Waals surface area contributed by atoms with E-state index in [-0.39, 0.29) is 30.3 Å². The molecule has 0 aliphatic heterocycles. The minimum atomic E-state index is -0.547. The summed E-state index contributed by atoms with van der Waals surface area (Å²) in [6, 6.07) is 11.0. The number of pyridine rings is 1. The molecular weight excluding hydrogens is 298 g/mol. The van der Waals surface area contributed by atoms with E-state index in [1.54, 1.807) is 6.20 Å². The standard InChI is InChI=1S/C16H17N3O4/c20-11-12(8-14-5-1-2-7-17-14)10-18-16(21)13-4-3-6-15(9-13)19(22)23/h1-7,9,12,20H,8,10-11H2,(H,18,21). The summed E-state index contributed by atoms with van der Waals surface area (Å²) in [5.41, 5.74) is 0.912. The maximum Gasteiger partial charge on any atom is 0.270 e. The van der Waals surface area contributed by atoms with E-state index in [1.165, 1.54) is 24.3 Å². The van der Waals surface area contributed by atoms with Gasteiger partial charge >= 0.3 is 0 Å². The minimum absolute atomic E-state index is 0.0915. The second kappa shape index (κ2) is 8.00. The lowest BCUT2D eigenvalue weighted by atomic mass is 10.0. The van der Waals surface area contributed by atoms with Crippen molar-refractivity contribution in [2.45, 2.75) is 6.42 Å². The molecule has 0 bridgehead atoms. The second-order valence-corrected chi connectivity index (χ2v) is 5.09. The number of hydrogen-bond donors (Lipinski definition) is 2. The zero-order chi connectivity index (χ0) is 16.7. The summed E-state index contributed by atoms with van der Waals surface area (Å²) < 4.78 is 0. The Morgan fingerprint density at radius 2 is 2.13 bits per heavy atom. The molecule has 1 heterocycles. The zero-order valence-electron chi connectivity index (χ0n) is 12.4. The van der Waals surface area contributed by atoms with Crippen LogP contribution in [-0.2, 0) is 6.42 Å². The van der Waals surface area contributed by atoms with Crippen molar-refractivity contribution >= 4 is 11.6 Å². The Balaban J connectivity index is 1.94. The average Bonchev–Trinajstić information content (AvgIpc) is 2.59. The number of aromatic nitrogens is 1. The van der Waals surface area contributed by atoms with Gasteiger partial charge in [0, 0.05) is 48.7 Å². The zero-order valence-corrected chi connectivity index (χ0v) is 12.4. The van der Waals surface area contributed by atoms with Crippen molar-refractivity contribution in [1.82, 2.24) is 10.3 Å². The molecule has 2 N–H and O–H groups in total. The molecular formula is C16H17N3O4. The van der Waals surface area contributed by atoms with Gasteiger partial charge in [0.1, 0.15) is 0 Å². The number of rotatable bonds is 7. The van der Waals surface area contributed by atoms with E-state index in [1.807, 2.05) is 18.2 Å². The number of nitrogens with one attached hydrogen (secondary N) is 1. The second-order valence-electron chi connectivity index (χ2n) is 5.09. The summed E-state index contributed by atoms with van der Waals surface area (Å²) in [6.45, 7) is 0.167. The van der Waals surface area contributed by atoms with Crippen molar-refractivity contribution in [2.75, 3.05) is 13.2 Å². The summed E-state index contributed by atoms with van der Waals surface area (Å²) in [4.78, 5) is 26.4. The lowest BCUT2D eigenvalue weighted by molar-refractivity contribution is -0.384. The van der Waals surface area contributed by atoms with Gasteiger partial charge in [-0.3, -0.25) is 19.9 Å². The van der Waals surface area contributed by atoms with E-state index in [0.717, 1.165) is 5.69 Å². The Kier molecular flexibility index (Phi) is 5.76. The number of amides is 1. The van der Waals surface area contributed by atoms with Crippen molar-refractivity contribution in [3.8, 4) is 0 Å². The highest BCUT2D eigenvalue weighted by molar-refractivity contribution is 5.94. The van der Waals surface area contributed by atoms with Gasteiger partial charge in [0.05, 0.1) is 4.92 Å². The van der Waals surface area contributed by atoms with Crippen LogP contribution in [0, 0.1) is 16.0 Å². The number of non-ortho nitro benzene ring substituents is 1. The fourth-order valence-electron chi connectivity index (χ4n) is 2.12. The molecule has 1 unspecified atom stereocenters. The van der Waals surface area contributed by atoms with Gasteiger partial charge in [-0.05, 0) is 24.6 Å². The molecule has 0 fully saturated rings. The molecule has 2 rings (SSSR count). The van der Waals surface area contributed by atoms with Crippen LogP contribution in [0.3, 0.4) is 0 Å². The summed E-state index contributed by atoms with van der Waals surface area (Å²) in [5, 5.41) is 22.8. The van der Waals surface area contributed by atoms with Crippen molar-refractivity contribution in [1.29, 1.82) is 0 Å². The predicted octanol–water partition coefficient (Wildman–Crippen LogP) is 1.57. The third kappa shape index (κ3) is 4.86. The van der Waals surface area contributed by atoms with Crippen molar-refractivity contribution < 1.29 is 14.8 Å². The number of aliphatic hydroxyl groups is 1. The topological polar surface area (TPSA) is 105 Å². The van der Waals surface area contributed by atoms with E-state index >= 15 is 0 Å². The first-order chi connectivity index (χ1) is 11.1. The van der Waals surface area contributed by atoms with Gasteiger partial charge in [0.25, 0.3) is 11.6 Å². The van der Waals surface area contributed by atoms with Crippen LogP contribution in [0.2, 0.25) is 0 Å². The number of carbonyl (C=O) groups is 1. The molecule has 0 radical (unpaired) electrons. The highest BCUT2D eigenvalue weighted by Gasteiger charge is 2.14. The third-order valence-electron chi connectivity index (χ3n) is 3.35. The van der Waals surface area contributed by atoms with Crippen LogP contribution in [0.4, 0.5) is 5.69 Å². The fourth-order valence-corrected chi connectivity index (χ4v) is 2.12. The number of hydrogen-bond acceptors (Lipinski definition) is 5. The van der Waals surface area contributed by atoms with Gasteiger partial charge in [-0.1, -0.05) is 12.1 Å². The Morgan fingerprint density at radius 3 is 2.78 bits per heavy atom. The molecule has 1 amide bonds. The molecule has 1 aromatic heterocycles. The third-order valence-corrected chi connectivity index (χ3v) is 3.35. The summed E-state index contributed by atoms with van der Waals surface area (Å²) in [5.74, 6) is -0.583. The van der Waals surface area contributed by atoms with E-state index in [0.29, 0.717) is 6.42 Å². The van der Waals surface area contributed by atoms with E-state index < -0.39 is 10.8 Å². The molecule has 7 heteroatoms. The first kappa shape index (κ1) is 16.6. The number of benzene rings is 1. The Hall–Kier alpha value is -2.80. The average molecular weight is 315 g/mol. The van der Waals surface area contributed by atoms with Crippen molar-refractivity contribution in [3.63, 3.8) is 0 Å². The quantitative estimate of drug-likeness (QED) is 0.596. The molecule has 0 spiro atoms. The van der Waals surface area contributed by atoms with Gasteiger partial charge in [-0.2, -0.15) is 0 Å². The molecule has 1 aromatic carbocycles.